The highest BCUT2D eigenvalue weighted by molar-refractivity contribution is 7.14. The van der Waals surface area contributed by atoms with Crippen molar-refractivity contribution in [2.75, 3.05) is 19.5 Å². The van der Waals surface area contributed by atoms with Crippen molar-refractivity contribution in [2.45, 2.75) is 6.42 Å². The number of amides is 1. The summed E-state index contributed by atoms with van der Waals surface area (Å²) in [5, 5.41) is 5.31. The molecule has 6 heteroatoms. The van der Waals surface area contributed by atoms with Crippen molar-refractivity contribution >= 4 is 22.4 Å². The van der Waals surface area contributed by atoms with E-state index in [1.165, 1.54) is 16.9 Å². The number of thiazole rings is 1. The average molecular weight is 431 g/mol. The first-order chi connectivity index (χ1) is 15.2. The fourth-order valence-corrected chi connectivity index (χ4v) is 3.95. The first kappa shape index (κ1) is 20.6. The molecule has 0 atom stereocenters. The highest BCUT2D eigenvalue weighted by Gasteiger charge is 2.13. The Hall–Kier alpha value is -3.64. The van der Waals surface area contributed by atoms with Gasteiger partial charge in [0, 0.05) is 22.6 Å². The third-order valence-corrected chi connectivity index (χ3v) is 5.63. The van der Waals surface area contributed by atoms with E-state index in [2.05, 4.69) is 22.4 Å². The third kappa shape index (κ3) is 4.92. The molecule has 3 aromatic carbocycles. The Labute approximate surface area is 185 Å². The van der Waals surface area contributed by atoms with E-state index in [1.54, 1.807) is 14.2 Å². The molecule has 1 N–H and O–H groups in total. The zero-order valence-corrected chi connectivity index (χ0v) is 18.1. The summed E-state index contributed by atoms with van der Waals surface area (Å²) in [5.41, 5.74) is 4.56. The number of hydrogen-bond acceptors (Lipinski definition) is 5. The Kier molecular flexibility index (Phi) is 6.29. The standard InChI is InChI=1S/C25H22N2O3S/c1-29-20-12-13-21(23(15-20)30-2)22-16-31-25(26-22)27-24(28)19-10-8-18(9-11-19)14-17-6-4-3-5-7-17/h3-13,15-16H,14H2,1-2H3,(H,26,27,28). The molecule has 0 fully saturated rings. The number of nitrogens with one attached hydrogen (secondary N) is 1. The molecule has 0 radical (unpaired) electrons. The summed E-state index contributed by atoms with van der Waals surface area (Å²) in [7, 11) is 3.22. The highest BCUT2D eigenvalue weighted by atomic mass is 32.1. The van der Waals surface area contributed by atoms with Gasteiger partial charge < -0.3 is 9.47 Å². The summed E-state index contributed by atoms with van der Waals surface area (Å²) in [6, 6.07) is 23.5. The topological polar surface area (TPSA) is 60.5 Å². The van der Waals surface area contributed by atoms with Crippen LogP contribution >= 0.6 is 11.3 Å². The maximum atomic E-state index is 12.7. The summed E-state index contributed by atoms with van der Waals surface area (Å²) in [5.74, 6) is 1.19. The van der Waals surface area contributed by atoms with Gasteiger partial charge in [-0.2, -0.15) is 0 Å². The van der Waals surface area contributed by atoms with Gasteiger partial charge >= 0.3 is 0 Å². The molecule has 0 saturated carbocycles. The zero-order valence-electron chi connectivity index (χ0n) is 17.3. The van der Waals surface area contributed by atoms with Gasteiger partial charge in [0.1, 0.15) is 11.5 Å². The van der Waals surface area contributed by atoms with Crippen LogP contribution in [-0.2, 0) is 6.42 Å². The maximum Gasteiger partial charge on any atom is 0.257 e. The third-order valence-electron chi connectivity index (χ3n) is 4.88. The Morgan fingerprint density at radius 3 is 2.39 bits per heavy atom. The fourth-order valence-electron chi connectivity index (χ4n) is 3.24. The zero-order chi connectivity index (χ0) is 21.6. The number of carbonyl (C=O) groups is 1. The van der Waals surface area contributed by atoms with E-state index in [0.717, 1.165) is 23.2 Å². The monoisotopic (exact) mass is 430 g/mol. The summed E-state index contributed by atoms with van der Waals surface area (Å²) in [4.78, 5) is 17.2. The predicted octanol–water partition coefficient (Wildman–Crippen LogP) is 5.67. The Bertz CT molecular complexity index is 1170. The summed E-state index contributed by atoms with van der Waals surface area (Å²) in [6.07, 6.45) is 0.836. The molecule has 0 aliphatic rings. The van der Waals surface area contributed by atoms with Crippen LogP contribution in [0.2, 0.25) is 0 Å². The first-order valence-corrected chi connectivity index (χ1v) is 10.7. The number of benzene rings is 3. The number of anilines is 1. The molecule has 5 nitrogen and oxygen atoms in total. The molecule has 0 bridgehead atoms. The number of carbonyl (C=O) groups excluding carboxylic acids is 1. The van der Waals surface area contributed by atoms with E-state index in [0.29, 0.717) is 22.2 Å². The summed E-state index contributed by atoms with van der Waals surface area (Å²) in [6.45, 7) is 0. The van der Waals surface area contributed by atoms with Crippen LogP contribution in [0.15, 0.2) is 78.2 Å². The second-order valence-electron chi connectivity index (χ2n) is 6.92. The van der Waals surface area contributed by atoms with Crippen molar-refractivity contribution in [1.82, 2.24) is 4.98 Å². The Morgan fingerprint density at radius 2 is 1.68 bits per heavy atom. The van der Waals surface area contributed by atoms with Crippen molar-refractivity contribution in [1.29, 1.82) is 0 Å². The van der Waals surface area contributed by atoms with Gasteiger partial charge in [0.25, 0.3) is 5.91 Å². The van der Waals surface area contributed by atoms with E-state index in [-0.39, 0.29) is 5.91 Å². The van der Waals surface area contributed by atoms with Crippen molar-refractivity contribution in [3.8, 4) is 22.8 Å². The molecule has 0 unspecified atom stereocenters. The van der Waals surface area contributed by atoms with Crippen molar-refractivity contribution in [3.05, 3.63) is 94.9 Å². The lowest BCUT2D eigenvalue weighted by Gasteiger charge is -2.08. The second kappa shape index (κ2) is 9.45. The molecule has 4 aromatic rings. The molecule has 0 spiro atoms. The van der Waals surface area contributed by atoms with Crippen LogP contribution < -0.4 is 14.8 Å². The molecule has 156 valence electrons. The van der Waals surface area contributed by atoms with Crippen LogP contribution in [-0.4, -0.2) is 25.1 Å². The van der Waals surface area contributed by atoms with Crippen LogP contribution in [0.25, 0.3) is 11.3 Å². The van der Waals surface area contributed by atoms with E-state index in [1.807, 2.05) is 66.0 Å². The van der Waals surface area contributed by atoms with Gasteiger partial charge in [-0.3, -0.25) is 10.1 Å². The number of ether oxygens (including phenoxy) is 2. The van der Waals surface area contributed by atoms with Gasteiger partial charge in [0.05, 0.1) is 19.9 Å². The maximum absolute atomic E-state index is 12.7. The van der Waals surface area contributed by atoms with Gasteiger partial charge in [-0.1, -0.05) is 42.5 Å². The van der Waals surface area contributed by atoms with Gasteiger partial charge in [-0.25, -0.2) is 4.98 Å². The number of nitrogens with zero attached hydrogens (tertiary/aromatic N) is 1. The molecule has 1 amide bonds. The van der Waals surface area contributed by atoms with Crippen molar-refractivity contribution < 1.29 is 14.3 Å². The lowest BCUT2D eigenvalue weighted by atomic mass is 10.0. The number of methoxy groups -OCH3 is 2. The van der Waals surface area contributed by atoms with E-state index < -0.39 is 0 Å². The Balaban J connectivity index is 1.44. The average Bonchev–Trinajstić information content (AvgIpc) is 3.28. The van der Waals surface area contributed by atoms with Crippen LogP contribution in [0.3, 0.4) is 0 Å². The summed E-state index contributed by atoms with van der Waals surface area (Å²) < 4.78 is 10.7. The van der Waals surface area contributed by atoms with Crippen LogP contribution in [0.1, 0.15) is 21.5 Å². The molecule has 0 aliphatic heterocycles. The smallest absolute Gasteiger partial charge is 0.257 e. The van der Waals surface area contributed by atoms with E-state index >= 15 is 0 Å². The van der Waals surface area contributed by atoms with Gasteiger partial charge in [-0.05, 0) is 41.8 Å². The molecule has 0 saturated heterocycles. The molecule has 31 heavy (non-hydrogen) atoms. The Morgan fingerprint density at radius 1 is 0.935 bits per heavy atom. The molecular formula is C25H22N2O3S. The van der Waals surface area contributed by atoms with Gasteiger partial charge in [-0.15, -0.1) is 11.3 Å². The normalized spacial score (nSPS) is 10.5. The molecule has 4 rings (SSSR count). The largest absolute Gasteiger partial charge is 0.497 e. The summed E-state index contributed by atoms with van der Waals surface area (Å²) >= 11 is 1.37. The van der Waals surface area contributed by atoms with E-state index in [9.17, 15) is 4.79 Å². The van der Waals surface area contributed by atoms with Gasteiger partial charge in [0.2, 0.25) is 0 Å². The minimum Gasteiger partial charge on any atom is -0.497 e. The highest BCUT2D eigenvalue weighted by Crippen LogP contribution is 2.34. The molecular weight excluding hydrogens is 408 g/mol. The minimum atomic E-state index is -0.186. The quantitative estimate of drug-likeness (QED) is 0.410. The SMILES string of the molecule is COc1ccc(-c2csc(NC(=O)c3ccc(Cc4ccccc4)cc3)n2)c(OC)c1. The van der Waals surface area contributed by atoms with Crippen molar-refractivity contribution in [3.63, 3.8) is 0 Å². The number of rotatable bonds is 7. The first-order valence-electron chi connectivity index (χ1n) is 9.78. The molecule has 0 aliphatic carbocycles. The molecule has 1 heterocycles. The van der Waals surface area contributed by atoms with Crippen LogP contribution in [0.5, 0.6) is 11.5 Å². The lowest BCUT2D eigenvalue weighted by Crippen LogP contribution is -2.11. The fraction of sp³-hybridized carbons (Fsp3) is 0.120. The van der Waals surface area contributed by atoms with Gasteiger partial charge in [0.15, 0.2) is 5.13 Å². The van der Waals surface area contributed by atoms with Crippen LogP contribution in [0.4, 0.5) is 5.13 Å². The molecule has 1 aromatic heterocycles. The number of aromatic nitrogens is 1. The second-order valence-corrected chi connectivity index (χ2v) is 7.78. The van der Waals surface area contributed by atoms with Crippen LogP contribution in [0, 0.1) is 0 Å². The number of hydrogen-bond donors (Lipinski definition) is 1. The van der Waals surface area contributed by atoms with E-state index in [4.69, 9.17) is 9.47 Å². The minimum absolute atomic E-state index is 0.186. The predicted molar refractivity (Wildman–Crippen MR) is 124 cm³/mol. The lowest BCUT2D eigenvalue weighted by molar-refractivity contribution is 0.102. The van der Waals surface area contributed by atoms with Crippen molar-refractivity contribution in [2.24, 2.45) is 0 Å².